The standard InChI is InChI=1S/C17H24N4O2/c1-3-12(4-2)9-21-10-15(20-11-21)14(17(22)23)7-13-5-6-16(18)19-8-13/h5-6,8,10-12,14H,3-4,7,9H2,1-2H3,(H2,18,19)(H,22,23). The van der Waals surface area contributed by atoms with Crippen molar-refractivity contribution in [3.63, 3.8) is 0 Å². The Hall–Kier alpha value is -2.37. The minimum atomic E-state index is -0.880. The van der Waals surface area contributed by atoms with E-state index in [1.165, 1.54) is 0 Å². The second-order valence-electron chi connectivity index (χ2n) is 5.86. The van der Waals surface area contributed by atoms with Gasteiger partial charge in [-0.3, -0.25) is 4.79 Å². The summed E-state index contributed by atoms with van der Waals surface area (Å²) in [5.41, 5.74) is 6.98. The van der Waals surface area contributed by atoms with Gasteiger partial charge in [-0.1, -0.05) is 32.8 Å². The summed E-state index contributed by atoms with van der Waals surface area (Å²) in [5.74, 6) is -0.547. The maximum absolute atomic E-state index is 11.6. The summed E-state index contributed by atoms with van der Waals surface area (Å²) in [6, 6.07) is 3.49. The predicted octanol–water partition coefficient (Wildman–Crippen LogP) is 2.71. The molecule has 0 spiro atoms. The van der Waals surface area contributed by atoms with Crippen LogP contribution in [0.3, 0.4) is 0 Å². The smallest absolute Gasteiger partial charge is 0.312 e. The summed E-state index contributed by atoms with van der Waals surface area (Å²) < 4.78 is 1.99. The topological polar surface area (TPSA) is 94.0 Å². The zero-order valence-corrected chi connectivity index (χ0v) is 13.6. The number of aromatic nitrogens is 3. The molecule has 0 saturated heterocycles. The van der Waals surface area contributed by atoms with Crippen molar-refractivity contribution in [2.45, 2.75) is 45.6 Å². The van der Waals surface area contributed by atoms with Gasteiger partial charge in [-0.2, -0.15) is 0 Å². The number of hydrogen-bond acceptors (Lipinski definition) is 4. The third-order valence-electron chi connectivity index (χ3n) is 4.22. The summed E-state index contributed by atoms with van der Waals surface area (Å²) in [6.07, 6.45) is 7.75. The number of anilines is 1. The van der Waals surface area contributed by atoms with Crippen LogP contribution in [0.4, 0.5) is 5.82 Å². The Bertz CT molecular complexity index is 632. The molecule has 6 nitrogen and oxygen atoms in total. The van der Waals surface area contributed by atoms with Gasteiger partial charge in [-0.15, -0.1) is 0 Å². The number of nitrogen functional groups attached to an aromatic ring is 1. The van der Waals surface area contributed by atoms with Gasteiger partial charge in [0.15, 0.2) is 0 Å². The lowest BCUT2D eigenvalue weighted by Crippen LogP contribution is -2.15. The molecule has 0 fully saturated rings. The number of imidazole rings is 1. The van der Waals surface area contributed by atoms with Crippen molar-refractivity contribution in [1.29, 1.82) is 0 Å². The first-order valence-corrected chi connectivity index (χ1v) is 7.98. The lowest BCUT2D eigenvalue weighted by atomic mass is 9.98. The highest BCUT2D eigenvalue weighted by atomic mass is 16.4. The molecule has 0 aromatic carbocycles. The van der Waals surface area contributed by atoms with Crippen LogP contribution in [-0.2, 0) is 17.8 Å². The first-order valence-electron chi connectivity index (χ1n) is 7.98. The van der Waals surface area contributed by atoms with Gasteiger partial charge in [0.25, 0.3) is 0 Å². The molecule has 0 amide bonds. The monoisotopic (exact) mass is 316 g/mol. The third kappa shape index (κ3) is 4.55. The van der Waals surface area contributed by atoms with Gasteiger partial charge in [0.1, 0.15) is 11.7 Å². The van der Waals surface area contributed by atoms with Crippen LogP contribution < -0.4 is 5.73 Å². The van der Waals surface area contributed by atoms with E-state index < -0.39 is 11.9 Å². The van der Waals surface area contributed by atoms with Crippen molar-refractivity contribution in [2.24, 2.45) is 5.92 Å². The van der Waals surface area contributed by atoms with E-state index in [1.54, 1.807) is 24.7 Å². The largest absolute Gasteiger partial charge is 0.481 e. The summed E-state index contributed by atoms with van der Waals surface area (Å²) in [4.78, 5) is 19.9. The number of rotatable bonds is 8. The van der Waals surface area contributed by atoms with Gasteiger partial charge < -0.3 is 15.4 Å². The molecule has 3 N–H and O–H groups in total. The SMILES string of the molecule is CCC(CC)Cn1cnc(C(Cc2ccc(N)nc2)C(=O)O)c1. The molecule has 0 aliphatic heterocycles. The molecule has 0 saturated carbocycles. The molecule has 1 atom stereocenters. The number of pyridine rings is 1. The summed E-state index contributed by atoms with van der Waals surface area (Å²) in [7, 11) is 0. The molecule has 2 aromatic rings. The first kappa shape index (κ1) is 17.0. The Balaban J connectivity index is 2.13. The van der Waals surface area contributed by atoms with Gasteiger partial charge in [0.2, 0.25) is 0 Å². The Kier molecular flexibility index (Phi) is 5.73. The minimum absolute atomic E-state index is 0.352. The van der Waals surface area contributed by atoms with E-state index in [0.29, 0.717) is 23.9 Å². The summed E-state index contributed by atoms with van der Waals surface area (Å²) >= 11 is 0. The summed E-state index contributed by atoms with van der Waals surface area (Å²) in [5, 5.41) is 9.53. The van der Waals surface area contributed by atoms with E-state index in [4.69, 9.17) is 5.73 Å². The van der Waals surface area contributed by atoms with Crippen molar-refractivity contribution in [3.05, 3.63) is 42.1 Å². The molecule has 0 aliphatic carbocycles. The first-order chi connectivity index (χ1) is 11.0. The lowest BCUT2D eigenvalue weighted by molar-refractivity contribution is -0.138. The molecular formula is C17H24N4O2. The van der Waals surface area contributed by atoms with Gasteiger partial charge in [0.05, 0.1) is 12.0 Å². The Labute approximate surface area is 136 Å². The normalized spacial score (nSPS) is 12.5. The van der Waals surface area contributed by atoms with Gasteiger partial charge >= 0.3 is 5.97 Å². The van der Waals surface area contributed by atoms with Crippen LogP contribution in [0.25, 0.3) is 0 Å². The maximum Gasteiger partial charge on any atom is 0.312 e. The molecule has 0 bridgehead atoms. The highest BCUT2D eigenvalue weighted by molar-refractivity contribution is 5.75. The van der Waals surface area contributed by atoms with Gasteiger partial charge in [-0.25, -0.2) is 9.97 Å². The number of aliphatic carboxylic acids is 1. The van der Waals surface area contributed by atoms with E-state index in [2.05, 4.69) is 23.8 Å². The van der Waals surface area contributed by atoms with E-state index in [1.807, 2.05) is 10.8 Å². The second kappa shape index (κ2) is 7.76. The molecule has 1 unspecified atom stereocenters. The fourth-order valence-electron chi connectivity index (χ4n) is 2.61. The zero-order chi connectivity index (χ0) is 16.8. The van der Waals surface area contributed by atoms with Crippen LogP contribution in [-0.4, -0.2) is 25.6 Å². The Morgan fingerprint density at radius 1 is 1.30 bits per heavy atom. The average Bonchev–Trinajstić information content (AvgIpc) is 2.99. The zero-order valence-electron chi connectivity index (χ0n) is 13.6. The Morgan fingerprint density at radius 2 is 2.04 bits per heavy atom. The molecule has 124 valence electrons. The number of carboxylic acid groups (broad SMARTS) is 1. The van der Waals surface area contributed by atoms with Crippen LogP contribution in [0, 0.1) is 5.92 Å². The molecule has 23 heavy (non-hydrogen) atoms. The quantitative estimate of drug-likeness (QED) is 0.781. The van der Waals surface area contributed by atoms with Crippen LogP contribution >= 0.6 is 0 Å². The molecule has 2 aromatic heterocycles. The minimum Gasteiger partial charge on any atom is -0.481 e. The van der Waals surface area contributed by atoms with Crippen LogP contribution in [0.15, 0.2) is 30.9 Å². The number of hydrogen-bond donors (Lipinski definition) is 2. The predicted molar refractivity (Wildman–Crippen MR) is 89.0 cm³/mol. The molecular weight excluding hydrogens is 292 g/mol. The fraction of sp³-hybridized carbons (Fsp3) is 0.471. The van der Waals surface area contributed by atoms with E-state index in [-0.39, 0.29) is 0 Å². The molecule has 2 heterocycles. The van der Waals surface area contributed by atoms with Crippen LogP contribution in [0.1, 0.15) is 43.9 Å². The van der Waals surface area contributed by atoms with Crippen LogP contribution in [0.5, 0.6) is 0 Å². The molecule has 6 heteroatoms. The van der Waals surface area contributed by atoms with Crippen LogP contribution in [0.2, 0.25) is 0 Å². The second-order valence-corrected chi connectivity index (χ2v) is 5.86. The number of nitrogens with two attached hydrogens (primary N) is 1. The Morgan fingerprint density at radius 3 is 2.61 bits per heavy atom. The number of carbonyl (C=O) groups is 1. The summed E-state index contributed by atoms with van der Waals surface area (Å²) in [6.45, 7) is 5.20. The van der Waals surface area contributed by atoms with E-state index in [9.17, 15) is 9.90 Å². The molecule has 0 radical (unpaired) electrons. The molecule has 2 rings (SSSR count). The van der Waals surface area contributed by atoms with Crippen molar-refractivity contribution in [3.8, 4) is 0 Å². The highest BCUT2D eigenvalue weighted by Gasteiger charge is 2.23. The van der Waals surface area contributed by atoms with Gasteiger partial charge in [-0.05, 0) is 24.0 Å². The van der Waals surface area contributed by atoms with Crippen molar-refractivity contribution >= 4 is 11.8 Å². The number of carboxylic acids is 1. The number of nitrogens with zero attached hydrogens (tertiary/aromatic N) is 3. The van der Waals surface area contributed by atoms with Gasteiger partial charge in [0, 0.05) is 18.9 Å². The van der Waals surface area contributed by atoms with Crippen molar-refractivity contribution < 1.29 is 9.90 Å². The fourth-order valence-corrected chi connectivity index (χ4v) is 2.61. The van der Waals surface area contributed by atoms with E-state index >= 15 is 0 Å². The lowest BCUT2D eigenvalue weighted by Gasteiger charge is -2.13. The third-order valence-corrected chi connectivity index (χ3v) is 4.22. The maximum atomic E-state index is 11.6. The highest BCUT2D eigenvalue weighted by Crippen LogP contribution is 2.21. The average molecular weight is 316 g/mol. The van der Waals surface area contributed by atoms with E-state index in [0.717, 1.165) is 24.9 Å². The van der Waals surface area contributed by atoms with Crippen molar-refractivity contribution in [2.75, 3.05) is 5.73 Å². The molecule has 0 aliphatic rings. The van der Waals surface area contributed by atoms with Crippen molar-refractivity contribution in [1.82, 2.24) is 14.5 Å².